The van der Waals surface area contributed by atoms with Crippen molar-refractivity contribution in [2.75, 3.05) is 13.1 Å². The molecule has 0 saturated carbocycles. The Morgan fingerprint density at radius 2 is 1.73 bits per heavy atom. The van der Waals surface area contributed by atoms with Crippen LogP contribution in [0.4, 0.5) is 0 Å². The van der Waals surface area contributed by atoms with Crippen molar-refractivity contribution in [3.05, 3.63) is 54.0 Å². The Labute approximate surface area is 196 Å². The lowest BCUT2D eigenvalue weighted by atomic mass is 10.0. The Morgan fingerprint density at radius 1 is 1.03 bits per heavy atom. The number of amides is 2. The average Bonchev–Trinajstić information content (AvgIpc) is 3.30. The molecule has 0 fully saturated rings. The summed E-state index contributed by atoms with van der Waals surface area (Å²) in [4.78, 5) is 25.8. The highest BCUT2D eigenvalue weighted by atomic mass is 32.2. The van der Waals surface area contributed by atoms with Gasteiger partial charge in [0.05, 0.1) is 11.2 Å². The third-order valence-corrected chi connectivity index (χ3v) is 7.51. The molecule has 2 N–H and O–H groups in total. The number of benzene rings is 1. The quantitative estimate of drug-likeness (QED) is 0.488. The standard InChI is InChI=1S/C24H35N3O5S/c1-6-27(7-2)33(30,31)21-12-8-10-19(16-21)23(28)26-22(17(3)4)24(29)25-18(5)13-14-20-11-9-15-32-20/h8-12,15-18,22H,6-7,13-14H2,1-5H3,(H,25,29)(H,26,28). The molecule has 0 saturated heterocycles. The minimum atomic E-state index is -3.69. The van der Waals surface area contributed by atoms with Crippen LogP contribution in [0.1, 0.15) is 57.2 Å². The molecule has 1 aromatic heterocycles. The van der Waals surface area contributed by atoms with Crippen LogP contribution in [0.25, 0.3) is 0 Å². The van der Waals surface area contributed by atoms with Gasteiger partial charge in [0.25, 0.3) is 5.91 Å². The second-order valence-corrected chi connectivity index (χ2v) is 10.3. The minimum Gasteiger partial charge on any atom is -0.469 e. The summed E-state index contributed by atoms with van der Waals surface area (Å²) < 4.78 is 32.3. The van der Waals surface area contributed by atoms with E-state index in [1.54, 1.807) is 20.1 Å². The topological polar surface area (TPSA) is 109 Å². The normalized spacial score (nSPS) is 13.7. The maximum absolute atomic E-state index is 12.9. The molecule has 2 atom stereocenters. The van der Waals surface area contributed by atoms with Crippen LogP contribution in [0.5, 0.6) is 0 Å². The van der Waals surface area contributed by atoms with E-state index in [-0.39, 0.29) is 28.3 Å². The fourth-order valence-corrected chi connectivity index (χ4v) is 4.99. The van der Waals surface area contributed by atoms with E-state index in [9.17, 15) is 18.0 Å². The van der Waals surface area contributed by atoms with Gasteiger partial charge >= 0.3 is 0 Å². The summed E-state index contributed by atoms with van der Waals surface area (Å²) >= 11 is 0. The molecule has 2 unspecified atom stereocenters. The van der Waals surface area contributed by atoms with Crippen molar-refractivity contribution in [2.45, 2.75) is 64.4 Å². The molecule has 2 rings (SSSR count). The lowest BCUT2D eigenvalue weighted by molar-refractivity contribution is -0.124. The van der Waals surface area contributed by atoms with E-state index in [4.69, 9.17) is 4.42 Å². The molecule has 0 radical (unpaired) electrons. The average molecular weight is 478 g/mol. The molecule has 0 spiro atoms. The van der Waals surface area contributed by atoms with Gasteiger partial charge in [0.15, 0.2) is 0 Å². The third kappa shape index (κ3) is 7.17. The number of hydrogen-bond donors (Lipinski definition) is 2. The number of carbonyl (C=O) groups is 2. The highest BCUT2D eigenvalue weighted by Gasteiger charge is 2.27. The molecule has 2 aromatic rings. The number of sulfonamides is 1. The summed E-state index contributed by atoms with van der Waals surface area (Å²) in [6.07, 6.45) is 3.01. The van der Waals surface area contributed by atoms with E-state index in [1.807, 2.05) is 32.9 Å². The first-order chi connectivity index (χ1) is 15.6. The first-order valence-corrected chi connectivity index (χ1v) is 12.8. The number of carbonyl (C=O) groups excluding carboxylic acids is 2. The number of aryl methyl sites for hydroxylation is 1. The lowest BCUT2D eigenvalue weighted by Crippen LogP contribution is -2.51. The monoisotopic (exact) mass is 477 g/mol. The Morgan fingerprint density at radius 3 is 2.30 bits per heavy atom. The summed E-state index contributed by atoms with van der Waals surface area (Å²) in [6, 6.07) is 8.74. The van der Waals surface area contributed by atoms with E-state index < -0.39 is 22.0 Å². The first kappa shape index (κ1) is 26.6. The highest BCUT2D eigenvalue weighted by molar-refractivity contribution is 7.89. The summed E-state index contributed by atoms with van der Waals surface area (Å²) in [5.41, 5.74) is 0.188. The van der Waals surface area contributed by atoms with Gasteiger partial charge in [0, 0.05) is 31.1 Å². The number of hydrogen-bond acceptors (Lipinski definition) is 5. The van der Waals surface area contributed by atoms with Crippen LogP contribution in [-0.4, -0.2) is 49.7 Å². The van der Waals surface area contributed by atoms with Gasteiger partial charge in [0.1, 0.15) is 11.8 Å². The zero-order valence-corrected chi connectivity index (χ0v) is 20.8. The fourth-order valence-electron chi connectivity index (χ4n) is 3.49. The molecule has 0 aliphatic heterocycles. The maximum atomic E-state index is 12.9. The summed E-state index contributed by atoms with van der Waals surface area (Å²) in [7, 11) is -3.69. The number of rotatable bonds is 12. The summed E-state index contributed by atoms with van der Waals surface area (Å²) in [6.45, 7) is 9.80. The molecular weight excluding hydrogens is 442 g/mol. The van der Waals surface area contributed by atoms with Gasteiger partial charge in [-0.15, -0.1) is 0 Å². The van der Waals surface area contributed by atoms with Crippen LogP contribution in [0.3, 0.4) is 0 Å². The van der Waals surface area contributed by atoms with E-state index in [0.29, 0.717) is 25.9 Å². The molecule has 8 nitrogen and oxygen atoms in total. The minimum absolute atomic E-state index is 0.0518. The third-order valence-electron chi connectivity index (χ3n) is 5.47. The van der Waals surface area contributed by atoms with E-state index >= 15 is 0 Å². The van der Waals surface area contributed by atoms with Crippen LogP contribution >= 0.6 is 0 Å². The number of nitrogens with one attached hydrogen (secondary N) is 2. The maximum Gasteiger partial charge on any atom is 0.251 e. The molecule has 1 aromatic carbocycles. The van der Waals surface area contributed by atoms with Gasteiger partial charge in [-0.2, -0.15) is 4.31 Å². The van der Waals surface area contributed by atoms with E-state index in [1.165, 1.54) is 28.6 Å². The molecule has 0 bridgehead atoms. The fraction of sp³-hybridized carbons (Fsp3) is 0.500. The van der Waals surface area contributed by atoms with Crippen molar-refractivity contribution in [3.8, 4) is 0 Å². The predicted octanol–water partition coefficient (Wildman–Crippen LogP) is 3.20. The highest BCUT2D eigenvalue weighted by Crippen LogP contribution is 2.17. The largest absolute Gasteiger partial charge is 0.469 e. The summed E-state index contributed by atoms with van der Waals surface area (Å²) in [5, 5.41) is 5.71. The van der Waals surface area contributed by atoms with Crippen LogP contribution < -0.4 is 10.6 Å². The van der Waals surface area contributed by atoms with Crippen LogP contribution in [0.15, 0.2) is 52.0 Å². The second-order valence-electron chi connectivity index (χ2n) is 8.34. The predicted molar refractivity (Wildman–Crippen MR) is 127 cm³/mol. The number of furan rings is 1. The van der Waals surface area contributed by atoms with Crippen molar-refractivity contribution in [1.82, 2.24) is 14.9 Å². The van der Waals surface area contributed by atoms with Crippen molar-refractivity contribution < 1.29 is 22.4 Å². The van der Waals surface area contributed by atoms with Gasteiger partial charge in [-0.3, -0.25) is 9.59 Å². The van der Waals surface area contributed by atoms with Gasteiger partial charge in [0.2, 0.25) is 15.9 Å². The lowest BCUT2D eigenvalue weighted by Gasteiger charge is -2.24. The molecule has 182 valence electrons. The summed E-state index contributed by atoms with van der Waals surface area (Å²) in [5.74, 6) is -0.0842. The number of nitrogens with zero attached hydrogens (tertiary/aromatic N) is 1. The molecule has 2 amide bonds. The first-order valence-electron chi connectivity index (χ1n) is 11.3. The Balaban J connectivity index is 2.08. The van der Waals surface area contributed by atoms with Crippen LogP contribution in [0, 0.1) is 5.92 Å². The van der Waals surface area contributed by atoms with E-state index in [2.05, 4.69) is 10.6 Å². The molecule has 0 aliphatic rings. The van der Waals surface area contributed by atoms with Crippen molar-refractivity contribution in [3.63, 3.8) is 0 Å². The van der Waals surface area contributed by atoms with Gasteiger partial charge in [-0.1, -0.05) is 33.8 Å². The molecule has 9 heteroatoms. The van der Waals surface area contributed by atoms with Crippen molar-refractivity contribution >= 4 is 21.8 Å². The Bertz CT molecular complexity index is 1010. The van der Waals surface area contributed by atoms with Gasteiger partial charge in [-0.25, -0.2) is 8.42 Å². The smallest absolute Gasteiger partial charge is 0.251 e. The van der Waals surface area contributed by atoms with Crippen molar-refractivity contribution in [1.29, 1.82) is 0 Å². The molecule has 1 heterocycles. The van der Waals surface area contributed by atoms with Crippen molar-refractivity contribution in [2.24, 2.45) is 5.92 Å². The zero-order chi connectivity index (χ0) is 24.6. The molecular formula is C24H35N3O5S. The SMILES string of the molecule is CCN(CC)S(=O)(=O)c1cccc(C(=O)NC(C(=O)NC(C)CCc2ccco2)C(C)C)c1. The van der Waals surface area contributed by atoms with Gasteiger partial charge in [-0.05, 0) is 49.6 Å². The van der Waals surface area contributed by atoms with Crippen LogP contribution in [0.2, 0.25) is 0 Å². The Kier molecular flexibility index (Phi) is 9.67. The van der Waals surface area contributed by atoms with Crippen LogP contribution in [-0.2, 0) is 21.2 Å². The zero-order valence-electron chi connectivity index (χ0n) is 20.0. The van der Waals surface area contributed by atoms with Gasteiger partial charge < -0.3 is 15.1 Å². The Hall–Kier alpha value is -2.65. The molecule has 33 heavy (non-hydrogen) atoms. The second kappa shape index (κ2) is 12.0. The van der Waals surface area contributed by atoms with E-state index in [0.717, 1.165) is 5.76 Å². The molecule has 0 aliphatic carbocycles.